The summed E-state index contributed by atoms with van der Waals surface area (Å²) >= 11 is 0. The number of nitrogens with one attached hydrogen (secondary N) is 2. The van der Waals surface area contributed by atoms with E-state index in [-0.39, 0.29) is 24.5 Å². The molecule has 1 aliphatic rings. The first kappa shape index (κ1) is 23.5. The number of carbonyl (C=O) groups excluding carboxylic acids is 1. The van der Waals surface area contributed by atoms with E-state index < -0.39 is 36.4 Å². The molecule has 0 saturated carbocycles. The van der Waals surface area contributed by atoms with Gasteiger partial charge in [-0.05, 0) is 19.9 Å². The molecule has 1 fully saturated rings. The Morgan fingerprint density at radius 2 is 2.18 bits per heavy atom. The molecule has 10 nitrogen and oxygen atoms in total. The third-order valence-corrected chi connectivity index (χ3v) is 5.47. The van der Waals surface area contributed by atoms with Crippen LogP contribution in [0.25, 0.3) is 16.9 Å². The maximum Gasteiger partial charge on any atom is 0.255 e. The van der Waals surface area contributed by atoms with Gasteiger partial charge in [0.25, 0.3) is 5.91 Å². The molecule has 12 heteroatoms. The fraction of sp³-hybridized carbons (Fsp3) is 0.409. The number of halogens is 2. The first-order valence-corrected chi connectivity index (χ1v) is 10.5. The van der Waals surface area contributed by atoms with Crippen LogP contribution < -0.4 is 10.6 Å². The normalized spacial score (nSPS) is 19.1. The van der Waals surface area contributed by atoms with Crippen LogP contribution in [-0.2, 0) is 4.74 Å². The molecule has 1 aliphatic heterocycles. The van der Waals surface area contributed by atoms with Gasteiger partial charge in [0.2, 0.25) is 0 Å². The van der Waals surface area contributed by atoms with Crippen molar-refractivity contribution in [1.82, 2.24) is 24.9 Å². The molecule has 1 amide bonds. The molecule has 34 heavy (non-hydrogen) atoms. The fourth-order valence-electron chi connectivity index (χ4n) is 3.40. The van der Waals surface area contributed by atoms with E-state index in [0.717, 1.165) is 0 Å². The number of fused-ring (bicyclic) bond motifs is 1. The predicted octanol–water partition coefficient (Wildman–Crippen LogP) is 1.65. The minimum Gasteiger partial charge on any atom is -0.387 e. The average molecular weight is 471 g/mol. The van der Waals surface area contributed by atoms with E-state index in [4.69, 9.17) is 10.00 Å². The van der Waals surface area contributed by atoms with Crippen molar-refractivity contribution in [1.29, 1.82) is 5.26 Å². The number of pyridine rings is 1. The number of alkyl halides is 2. The van der Waals surface area contributed by atoms with Crippen molar-refractivity contribution in [3.05, 3.63) is 42.0 Å². The number of anilines is 1. The Morgan fingerprint density at radius 3 is 2.85 bits per heavy atom. The maximum absolute atomic E-state index is 14.2. The highest BCUT2D eigenvalue weighted by Crippen LogP contribution is 2.28. The molecule has 4 heterocycles. The van der Waals surface area contributed by atoms with Gasteiger partial charge < -0.3 is 20.5 Å². The molecule has 0 aromatic carbocycles. The first-order chi connectivity index (χ1) is 16.2. The van der Waals surface area contributed by atoms with Crippen LogP contribution in [0.3, 0.4) is 0 Å². The summed E-state index contributed by atoms with van der Waals surface area (Å²) in [5, 5.41) is 28.4. The molecule has 3 atom stereocenters. The van der Waals surface area contributed by atoms with Crippen LogP contribution in [0.15, 0.2) is 30.9 Å². The van der Waals surface area contributed by atoms with Crippen molar-refractivity contribution < 1.29 is 23.4 Å². The van der Waals surface area contributed by atoms with Gasteiger partial charge in [-0.15, -0.1) is 0 Å². The van der Waals surface area contributed by atoms with E-state index in [2.05, 4.69) is 25.7 Å². The van der Waals surface area contributed by atoms with Crippen LogP contribution in [0, 0.1) is 11.3 Å². The van der Waals surface area contributed by atoms with Gasteiger partial charge in [-0.1, -0.05) is 0 Å². The van der Waals surface area contributed by atoms with Crippen LogP contribution in [0.5, 0.6) is 0 Å². The van der Waals surface area contributed by atoms with Crippen LogP contribution in [0.4, 0.5) is 14.5 Å². The predicted molar refractivity (Wildman–Crippen MR) is 118 cm³/mol. The summed E-state index contributed by atoms with van der Waals surface area (Å²) in [7, 11) is 0. The third kappa shape index (κ3) is 4.80. The molecule has 3 aromatic rings. The van der Waals surface area contributed by atoms with Gasteiger partial charge >= 0.3 is 0 Å². The van der Waals surface area contributed by atoms with Gasteiger partial charge in [-0.25, -0.2) is 18.3 Å². The summed E-state index contributed by atoms with van der Waals surface area (Å²) < 4.78 is 34.9. The summed E-state index contributed by atoms with van der Waals surface area (Å²) in [6.07, 6.45) is 2.76. The summed E-state index contributed by atoms with van der Waals surface area (Å²) in [6.45, 7) is 2.24. The Bertz CT molecular complexity index is 1250. The Morgan fingerprint density at radius 1 is 1.38 bits per heavy atom. The Labute approximate surface area is 193 Å². The molecule has 178 valence electrons. The van der Waals surface area contributed by atoms with Crippen LogP contribution in [-0.4, -0.2) is 74.3 Å². The summed E-state index contributed by atoms with van der Waals surface area (Å²) in [4.78, 5) is 21.4. The molecular formula is C22H23F2N7O3. The highest BCUT2D eigenvalue weighted by atomic mass is 19.1. The monoisotopic (exact) mass is 471 g/mol. The number of hydrogen-bond acceptors (Lipinski definition) is 8. The average Bonchev–Trinajstić information content (AvgIpc) is 3.41. The number of amides is 1. The molecule has 0 radical (unpaired) electrons. The molecule has 0 unspecified atom stereocenters. The largest absolute Gasteiger partial charge is 0.387 e. The number of rotatable bonds is 7. The number of aromatic nitrogens is 4. The second kappa shape index (κ2) is 9.28. The second-order valence-electron chi connectivity index (χ2n) is 8.53. The van der Waals surface area contributed by atoms with Crippen molar-refractivity contribution in [3.8, 4) is 17.3 Å². The number of aliphatic hydroxyl groups is 1. The van der Waals surface area contributed by atoms with Crippen LogP contribution in [0.1, 0.15) is 29.8 Å². The highest BCUT2D eigenvalue weighted by Gasteiger charge is 2.30. The minimum absolute atomic E-state index is 0.0640. The first-order valence-electron chi connectivity index (χ1n) is 10.5. The van der Waals surface area contributed by atoms with Crippen molar-refractivity contribution in [2.24, 2.45) is 0 Å². The van der Waals surface area contributed by atoms with E-state index in [9.17, 15) is 18.7 Å². The zero-order valence-electron chi connectivity index (χ0n) is 18.5. The molecule has 0 aliphatic carbocycles. The lowest BCUT2D eigenvalue weighted by Crippen LogP contribution is -2.42. The van der Waals surface area contributed by atoms with Crippen molar-refractivity contribution in [3.63, 3.8) is 0 Å². The number of ether oxygens (including phenoxy) is 1. The smallest absolute Gasteiger partial charge is 0.255 e. The SMILES string of the molecule is CC(C)(O)[C@H](F)CNC(=O)c1cnc(-c2cnn3cc(C#N)cnc23)cc1N[C@H]1COC[C@@H]1F. The Kier molecular flexibility index (Phi) is 6.41. The van der Waals surface area contributed by atoms with E-state index >= 15 is 0 Å². The standard InChI is InChI=1S/C22H23F2N7O3/c1-22(2,33)19(24)8-28-21(32)14-6-26-16(3-17(14)30-18-11-34-10-15(18)23)13-7-29-31-9-12(4-25)5-27-20(13)31/h3,5-7,9,15,18-19,33H,8,10-11H2,1-2H3,(H,26,30)(H,28,32)/t15-,18-,19+/m0/s1. The van der Waals surface area contributed by atoms with E-state index in [1.54, 1.807) is 6.07 Å². The molecule has 0 bridgehead atoms. The van der Waals surface area contributed by atoms with Crippen molar-refractivity contribution >= 4 is 17.2 Å². The highest BCUT2D eigenvalue weighted by molar-refractivity contribution is 6.00. The van der Waals surface area contributed by atoms with E-state index in [1.165, 1.54) is 43.2 Å². The van der Waals surface area contributed by atoms with E-state index in [0.29, 0.717) is 22.5 Å². The molecule has 3 aromatic heterocycles. The lowest BCUT2D eigenvalue weighted by Gasteiger charge is -2.23. The third-order valence-electron chi connectivity index (χ3n) is 5.47. The number of nitrogens with zero attached hydrogens (tertiary/aromatic N) is 5. The maximum atomic E-state index is 14.2. The lowest BCUT2D eigenvalue weighted by atomic mass is 10.0. The van der Waals surface area contributed by atoms with E-state index in [1.807, 2.05) is 6.07 Å². The van der Waals surface area contributed by atoms with Gasteiger partial charge in [-0.2, -0.15) is 10.4 Å². The topological polar surface area (TPSA) is 137 Å². The molecule has 3 N–H and O–H groups in total. The van der Waals surface area contributed by atoms with Crippen molar-refractivity contribution in [2.75, 3.05) is 25.1 Å². The molecule has 4 rings (SSSR count). The van der Waals surface area contributed by atoms with Crippen LogP contribution >= 0.6 is 0 Å². The summed E-state index contributed by atoms with van der Waals surface area (Å²) in [6, 6.07) is 2.86. The quantitative estimate of drug-likeness (QED) is 0.473. The number of nitriles is 1. The van der Waals surface area contributed by atoms with Gasteiger partial charge in [0.15, 0.2) is 5.65 Å². The Hall–Kier alpha value is -3.69. The lowest BCUT2D eigenvalue weighted by molar-refractivity contribution is -0.00177. The second-order valence-corrected chi connectivity index (χ2v) is 8.53. The minimum atomic E-state index is -1.69. The Balaban J connectivity index is 1.67. The fourth-order valence-corrected chi connectivity index (χ4v) is 3.40. The van der Waals surface area contributed by atoms with Gasteiger partial charge in [0.05, 0.1) is 71.9 Å². The number of carbonyl (C=O) groups is 1. The zero-order valence-corrected chi connectivity index (χ0v) is 18.5. The molecule has 1 saturated heterocycles. The number of hydrogen-bond donors (Lipinski definition) is 3. The summed E-state index contributed by atoms with van der Waals surface area (Å²) in [5.74, 6) is -0.639. The van der Waals surface area contributed by atoms with Gasteiger partial charge in [0.1, 0.15) is 18.4 Å². The van der Waals surface area contributed by atoms with Crippen molar-refractivity contribution in [2.45, 2.75) is 37.8 Å². The zero-order chi connectivity index (χ0) is 24.5. The van der Waals surface area contributed by atoms with Crippen LogP contribution in [0.2, 0.25) is 0 Å². The molecule has 0 spiro atoms. The van der Waals surface area contributed by atoms with Gasteiger partial charge in [-0.3, -0.25) is 9.78 Å². The summed E-state index contributed by atoms with van der Waals surface area (Å²) in [5.41, 5.74) is 0.422. The molecular weight excluding hydrogens is 448 g/mol. The van der Waals surface area contributed by atoms with Gasteiger partial charge in [0, 0.05) is 12.4 Å².